The SMILES string of the molecule is Cc1ccsc1C(=O)NCC1CCC(Cl)C1. The van der Waals surface area contributed by atoms with Crippen molar-refractivity contribution < 1.29 is 4.79 Å². The second-order valence-corrected chi connectivity index (χ2v) is 5.95. The number of thiophene rings is 1. The van der Waals surface area contributed by atoms with Crippen LogP contribution >= 0.6 is 22.9 Å². The average Bonchev–Trinajstić information content (AvgIpc) is 2.84. The van der Waals surface area contributed by atoms with Gasteiger partial charge in [0.2, 0.25) is 0 Å². The highest BCUT2D eigenvalue weighted by Crippen LogP contribution is 2.28. The van der Waals surface area contributed by atoms with Crippen LogP contribution in [0.25, 0.3) is 0 Å². The molecule has 0 radical (unpaired) electrons. The van der Waals surface area contributed by atoms with Crippen molar-refractivity contribution in [1.29, 1.82) is 0 Å². The molecule has 1 fully saturated rings. The molecule has 2 rings (SSSR count). The molecule has 1 aliphatic carbocycles. The lowest BCUT2D eigenvalue weighted by Crippen LogP contribution is -2.28. The van der Waals surface area contributed by atoms with Crippen LogP contribution < -0.4 is 5.32 Å². The zero-order valence-electron chi connectivity index (χ0n) is 9.33. The minimum absolute atomic E-state index is 0.0607. The molecule has 1 amide bonds. The first-order valence-electron chi connectivity index (χ1n) is 5.63. The minimum Gasteiger partial charge on any atom is -0.351 e. The quantitative estimate of drug-likeness (QED) is 0.828. The van der Waals surface area contributed by atoms with Crippen LogP contribution in [0.5, 0.6) is 0 Å². The van der Waals surface area contributed by atoms with Crippen LogP contribution in [0.15, 0.2) is 11.4 Å². The van der Waals surface area contributed by atoms with Gasteiger partial charge in [0.1, 0.15) is 0 Å². The molecule has 1 aromatic heterocycles. The number of carbonyl (C=O) groups is 1. The Morgan fingerprint density at radius 1 is 1.62 bits per heavy atom. The fraction of sp³-hybridized carbons (Fsp3) is 0.583. The van der Waals surface area contributed by atoms with Gasteiger partial charge in [-0.25, -0.2) is 0 Å². The van der Waals surface area contributed by atoms with Crippen molar-refractivity contribution in [3.05, 3.63) is 21.9 Å². The Balaban J connectivity index is 1.82. The highest BCUT2D eigenvalue weighted by atomic mass is 35.5. The zero-order valence-corrected chi connectivity index (χ0v) is 10.9. The molecule has 0 bridgehead atoms. The van der Waals surface area contributed by atoms with Gasteiger partial charge in [-0.2, -0.15) is 0 Å². The van der Waals surface area contributed by atoms with E-state index in [0.717, 1.165) is 36.2 Å². The van der Waals surface area contributed by atoms with Gasteiger partial charge in [-0.05, 0) is 49.1 Å². The molecular formula is C12H16ClNOS. The molecule has 1 aliphatic rings. The van der Waals surface area contributed by atoms with Gasteiger partial charge in [-0.3, -0.25) is 4.79 Å². The van der Waals surface area contributed by atoms with E-state index in [0.29, 0.717) is 11.3 Å². The van der Waals surface area contributed by atoms with Crippen LogP contribution in [-0.4, -0.2) is 17.8 Å². The number of carbonyl (C=O) groups excluding carboxylic acids is 1. The van der Waals surface area contributed by atoms with Crippen molar-refractivity contribution in [1.82, 2.24) is 5.32 Å². The summed E-state index contributed by atoms with van der Waals surface area (Å²) in [5, 5.41) is 5.26. The summed E-state index contributed by atoms with van der Waals surface area (Å²) in [7, 11) is 0. The van der Waals surface area contributed by atoms with Crippen LogP contribution in [0, 0.1) is 12.8 Å². The van der Waals surface area contributed by atoms with Crippen molar-refractivity contribution in [3.8, 4) is 0 Å². The molecule has 0 aliphatic heterocycles. The summed E-state index contributed by atoms with van der Waals surface area (Å²) in [6.45, 7) is 2.73. The summed E-state index contributed by atoms with van der Waals surface area (Å²) in [5.74, 6) is 0.622. The number of amides is 1. The van der Waals surface area contributed by atoms with Crippen molar-refractivity contribution >= 4 is 28.8 Å². The van der Waals surface area contributed by atoms with Crippen molar-refractivity contribution in [3.63, 3.8) is 0 Å². The Labute approximate surface area is 105 Å². The average molecular weight is 258 g/mol. The molecule has 1 saturated carbocycles. The summed E-state index contributed by atoms with van der Waals surface area (Å²) in [6, 6.07) is 1.98. The number of hydrogen-bond acceptors (Lipinski definition) is 2. The summed E-state index contributed by atoms with van der Waals surface area (Å²) < 4.78 is 0. The van der Waals surface area contributed by atoms with E-state index in [1.54, 1.807) is 0 Å². The van der Waals surface area contributed by atoms with Gasteiger partial charge in [0.25, 0.3) is 5.91 Å². The summed E-state index contributed by atoms with van der Waals surface area (Å²) in [6.07, 6.45) is 3.25. The second kappa shape index (κ2) is 5.19. The maximum absolute atomic E-state index is 11.8. The van der Waals surface area contributed by atoms with E-state index in [-0.39, 0.29) is 5.91 Å². The van der Waals surface area contributed by atoms with Gasteiger partial charge in [-0.15, -0.1) is 22.9 Å². The molecule has 4 heteroatoms. The molecular weight excluding hydrogens is 242 g/mol. The predicted molar refractivity (Wildman–Crippen MR) is 68.4 cm³/mol. The Morgan fingerprint density at radius 3 is 3.00 bits per heavy atom. The standard InChI is InChI=1S/C12H16ClNOS/c1-8-4-5-16-11(8)12(15)14-7-9-2-3-10(13)6-9/h4-5,9-10H,2-3,6-7H2,1H3,(H,14,15). The molecule has 88 valence electrons. The fourth-order valence-corrected chi connectivity index (χ4v) is 3.34. The second-order valence-electron chi connectivity index (χ2n) is 4.42. The van der Waals surface area contributed by atoms with Crippen LogP contribution in [0.2, 0.25) is 0 Å². The van der Waals surface area contributed by atoms with Gasteiger partial charge in [0.15, 0.2) is 0 Å². The van der Waals surface area contributed by atoms with E-state index in [1.165, 1.54) is 11.3 Å². The third kappa shape index (κ3) is 2.77. The summed E-state index contributed by atoms with van der Waals surface area (Å²) in [4.78, 5) is 12.7. The summed E-state index contributed by atoms with van der Waals surface area (Å²) >= 11 is 7.54. The first kappa shape index (κ1) is 11.9. The van der Waals surface area contributed by atoms with Gasteiger partial charge in [0.05, 0.1) is 4.88 Å². The Kier molecular flexibility index (Phi) is 3.87. The first-order valence-corrected chi connectivity index (χ1v) is 6.95. The van der Waals surface area contributed by atoms with Gasteiger partial charge in [-0.1, -0.05) is 0 Å². The number of nitrogens with one attached hydrogen (secondary N) is 1. The lowest BCUT2D eigenvalue weighted by Gasteiger charge is -2.10. The third-order valence-electron chi connectivity index (χ3n) is 3.10. The van der Waals surface area contributed by atoms with Crippen LogP contribution in [-0.2, 0) is 0 Å². The first-order chi connectivity index (χ1) is 7.66. The fourth-order valence-electron chi connectivity index (χ4n) is 2.12. The lowest BCUT2D eigenvalue weighted by molar-refractivity contribution is 0.0951. The third-order valence-corrected chi connectivity index (χ3v) is 4.51. The number of hydrogen-bond donors (Lipinski definition) is 1. The molecule has 2 unspecified atom stereocenters. The molecule has 0 spiro atoms. The van der Waals surface area contributed by atoms with Gasteiger partial charge in [0, 0.05) is 11.9 Å². The lowest BCUT2D eigenvalue weighted by atomic mass is 10.1. The molecule has 1 aromatic rings. The van der Waals surface area contributed by atoms with E-state index in [1.807, 2.05) is 18.4 Å². The van der Waals surface area contributed by atoms with Crippen molar-refractivity contribution in [2.75, 3.05) is 6.54 Å². The smallest absolute Gasteiger partial charge is 0.261 e. The Bertz CT molecular complexity index is 377. The number of rotatable bonds is 3. The van der Waals surface area contributed by atoms with Crippen LogP contribution in [0.4, 0.5) is 0 Å². The van der Waals surface area contributed by atoms with Crippen molar-refractivity contribution in [2.45, 2.75) is 31.6 Å². The number of aryl methyl sites for hydroxylation is 1. The minimum atomic E-state index is 0.0607. The monoisotopic (exact) mass is 257 g/mol. The number of alkyl halides is 1. The maximum atomic E-state index is 11.8. The van der Waals surface area contributed by atoms with Crippen molar-refractivity contribution in [2.24, 2.45) is 5.92 Å². The Morgan fingerprint density at radius 2 is 2.44 bits per heavy atom. The highest BCUT2D eigenvalue weighted by molar-refractivity contribution is 7.12. The van der Waals surface area contributed by atoms with E-state index in [4.69, 9.17) is 11.6 Å². The molecule has 0 aromatic carbocycles. The van der Waals surface area contributed by atoms with E-state index >= 15 is 0 Å². The predicted octanol–water partition coefficient (Wildman–Crippen LogP) is 3.19. The Hall–Kier alpha value is -0.540. The van der Waals surface area contributed by atoms with Crippen LogP contribution in [0.3, 0.4) is 0 Å². The molecule has 16 heavy (non-hydrogen) atoms. The number of halogens is 1. The molecule has 2 nitrogen and oxygen atoms in total. The summed E-state index contributed by atoms with van der Waals surface area (Å²) in [5.41, 5.74) is 1.06. The molecule has 1 heterocycles. The highest BCUT2D eigenvalue weighted by Gasteiger charge is 2.23. The molecule has 2 atom stereocenters. The topological polar surface area (TPSA) is 29.1 Å². The van der Waals surface area contributed by atoms with Gasteiger partial charge < -0.3 is 5.32 Å². The van der Waals surface area contributed by atoms with E-state index < -0.39 is 0 Å². The van der Waals surface area contributed by atoms with Crippen LogP contribution in [0.1, 0.15) is 34.5 Å². The zero-order chi connectivity index (χ0) is 11.5. The molecule has 1 N–H and O–H groups in total. The molecule has 0 saturated heterocycles. The van der Waals surface area contributed by atoms with Gasteiger partial charge >= 0.3 is 0 Å². The maximum Gasteiger partial charge on any atom is 0.261 e. The van der Waals surface area contributed by atoms with E-state index in [9.17, 15) is 4.79 Å². The van der Waals surface area contributed by atoms with E-state index in [2.05, 4.69) is 5.32 Å². The normalized spacial score (nSPS) is 24.6. The largest absolute Gasteiger partial charge is 0.351 e.